The first kappa shape index (κ1) is 25.0. The van der Waals surface area contributed by atoms with E-state index in [9.17, 15) is 8.78 Å². The number of hydrogen-bond donors (Lipinski definition) is 0. The van der Waals surface area contributed by atoms with Gasteiger partial charge in [-0.15, -0.1) is 59.7 Å². The maximum absolute atomic E-state index is 13.3. The van der Waals surface area contributed by atoms with Crippen LogP contribution < -0.4 is 0 Å². The molecule has 6 heteroatoms. The van der Waals surface area contributed by atoms with Crippen molar-refractivity contribution in [3.8, 4) is 33.8 Å². The van der Waals surface area contributed by atoms with Crippen molar-refractivity contribution in [2.45, 2.75) is 6.92 Å². The van der Waals surface area contributed by atoms with Crippen LogP contribution in [-0.4, -0.2) is 15.0 Å². The molecule has 0 spiro atoms. The van der Waals surface area contributed by atoms with Gasteiger partial charge in [0.2, 0.25) is 0 Å². The van der Waals surface area contributed by atoms with Gasteiger partial charge in [0.1, 0.15) is 0 Å². The second kappa shape index (κ2) is 12.0. The third kappa shape index (κ3) is 6.25. The number of pyridine rings is 3. The van der Waals surface area contributed by atoms with Crippen LogP contribution in [0.25, 0.3) is 33.8 Å². The van der Waals surface area contributed by atoms with Crippen LogP contribution >= 0.6 is 0 Å². The summed E-state index contributed by atoms with van der Waals surface area (Å²) in [6, 6.07) is 29.0. The average Bonchev–Trinajstić information content (AvgIpc) is 2.88. The van der Waals surface area contributed by atoms with Crippen molar-refractivity contribution in [2.24, 2.45) is 0 Å². The van der Waals surface area contributed by atoms with E-state index in [2.05, 4.69) is 27.1 Å². The van der Waals surface area contributed by atoms with Gasteiger partial charge in [-0.25, -0.2) is 4.39 Å². The Hall–Kier alpha value is -3.60. The van der Waals surface area contributed by atoms with E-state index in [4.69, 9.17) is 0 Å². The molecule has 5 rings (SSSR count). The van der Waals surface area contributed by atoms with Gasteiger partial charge in [0.15, 0.2) is 0 Å². The first-order chi connectivity index (χ1) is 16.1. The van der Waals surface area contributed by atoms with E-state index in [0.717, 1.165) is 40.2 Å². The molecule has 1 radical (unpaired) electrons. The molecular formula is C28H19F2IrN3-2. The molecule has 0 N–H and O–H groups in total. The van der Waals surface area contributed by atoms with Crippen LogP contribution in [0.5, 0.6) is 0 Å². The Morgan fingerprint density at radius 1 is 0.676 bits per heavy atom. The van der Waals surface area contributed by atoms with Crippen molar-refractivity contribution in [1.82, 2.24) is 15.0 Å². The molecule has 0 saturated heterocycles. The summed E-state index contributed by atoms with van der Waals surface area (Å²) >= 11 is 0. The zero-order valence-electron chi connectivity index (χ0n) is 18.2. The zero-order valence-corrected chi connectivity index (χ0v) is 20.6. The minimum atomic E-state index is -0.916. The maximum atomic E-state index is 13.3. The van der Waals surface area contributed by atoms with Gasteiger partial charge in [-0.2, -0.15) is 0 Å². The topological polar surface area (TPSA) is 38.7 Å². The summed E-state index contributed by atoms with van der Waals surface area (Å²) < 4.78 is 26.2. The molecule has 0 aliphatic carbocycles. The Kier molecular flexibility index (Phi) is 8.86. The van der Waals surface area contributed by atoms with Crippen LogP contribution in [0.15, 0.2) is 97.5 Å². The van der Waals surface area contributed by atoms with Gasteiger partial charge in [-0.05, 0) is 42.1 Å². The molecule has 34 heavy (non-hydrogen) atoms. The average molecular weight is 628 g/mol. The molecule has 0 saturated carbocycles. The van der Waals surface area contributed by atoms with Crippen LogP contribution in [0, 0.1) is 30.7 Å². The second-order valence-electron chi connectivity index (χ2n) is 7.13. The summed E-state index contributed by atoms with van der Waals surface area (Å²) in [5, 5.41) is 0. The van der Waals surface area contributed by atoms with Gasteiger partial charge in [-0.3, -0.25) is 9.37 Å². The third-order valence-electron chi connectivity index (χ3n) is 4.83. The summed E-state index contributed by atoms with van der Waals surface area (Å²) in [7, 11) is 0. The Labute approximate surface area is 210 Å². The molecule has 5 aromatic rings. The Bertz CT molecular complexity index is 1290. The van der Waals surface area contributed by atoms with Gasteiger partial charge < -0.3 is 9.97 Å². The number of benzene rings is 2. The summed E-state index contributed by atoms with van der Waals surface area (Å²) in [5.74, 6) is -1.82. The van der Waals surface area contributed by atoms with Crippen LogP contribution in [0.1, 0.15) is 5.56 Å². The van der Waals surface area contributed by atoms with Crippen LogP contribution in [0.2, 0.25) is 0 Å². The van der Waals surface area contributed by atoms with Crippen molar-refractivity contribution < 1.29 is 28.9 Å². The molecule has 3 heterocycles. The number of nitrogens with zero attached hydrogens (tertiary/aromatic N) is 3. The predicted octanol–water partition coefficient (Wildman–Crippen LogP) is 6.74. The van der Waals surface area contributed by atoms with E-state index < -0.39 is 11.6 Å². The fourth-order valence-corrected chi connectivity index (χ4v) is 3.16. The fourth-order valence-electron chi connectivity index (χ4n) is 3.16. The Balaban J connectivity index is 0.000000212. The van der Waals surface area contributed by atoms with Crippen molar-refractivity contribution in [2.75, 3.05) is 0 Å². The van der Waals surface area contributed by atoms with E-state index in [1.165, 1.54) is 0 Å². The number of rotatable bonds is 3. The van der Waals surface area contributed by atoms with E-state index in [1.807, 2.05) is 73.7 Å². The molecule has 0 unspecified atom stereocenters. The fraction of sp³-hybridized carbons (Fsp3) is 0.0357. The minimum absolute atomic E-state index is 0. The van der Waals surface area contributed by atoms with E-state index in [-0.39, 0.29) is 20.1 Å². The van der Waals surface area contributed by atoms with Crippen LogP contribution in [0.3, 0.4) is 0 Å². The standard InChI is InChI=1S/C17H11F2N2.C11H8N.Ir/c1-11-8-17(12-5-6-14(18)15(19)9-12)21-10-13(11)16-4-2-3-7-20-16;1-2-6-10(7-3-1)11-8-4-5-9-12-11;/h2-4,6-10H,1H3;1-6,8-9H;/q2*-1;. The third-order valence-corrected chi connectivity index (χ3v) is 4.83. The van der Waals surface area contributed by atoms with E-state index in [1.54, 1.807) is 18.6 Å². The molecule has 3 nitrogen and oxygen atoms in total. The number of aryl methyl sites for hydroxylation is 1. The molecular weight excluding hydrogens is 609 g/mol. The maximum Gasteiger partial charge on any atom is 0.0765 e. The van der Waals surface area contributed by atoms with Crippen LogP contribution in [0.4, 0.5) is 8.78 Å². The van der Waals surface area contributed by atoms with Gasteiger partial charge in [0.25, 0.3) is 0 Å². The number of hydrogen-bond acceptors (Lipinski definition) is 3. The van der Waals surface area contributed by atoms with Crippen molar-refractivity contribution in [3.05, 3.63) is 127 Å². The first-order valence-corrected chi connectivity index (χ1v) is 10.2. The van der Waals surface area contributed by atoms with Gasteiger partial charge in [-0.1, -0.05) is 24.3 Å². The predicted molar refractivity (Wildman–Crippen MR) is 125 cm³/mol. The normalized spacial score (nSPS) is 9.97. The monoisotopic (exact) mass is 628 g/mol. The van der Waals surface area contributed by atoms with E-state index >= 15 is 0 Å². The Morgan fingerprint density at radius 3 is 1.97 bits per heavy atom. The molecule has 0 aliphatic heterocycles. The number of halogens is 2. The van der Waals surface area contributed by atoms with E-state index in [0.29, 0.717) is 11.3 Å². The van der Waals surface area contributed by atoms with Crippen molar-refractivity contribution >= 4 is 0 Å². The molecule has 0 aliphatic rings. The molecule has 171 valence electrons. The molecule has 3 aromatic heterocycles. The van der Waals surface area contributed by atoms with Crippen LogP contribution in [-0.2, 0) is 20.1 Å². The molecule has 0 bridgehead atoms. The first-order valence-electron chi connectivity index (χ1n) is 10.2. The smallest absolute Gasteiger partial charge is 0.0765 e. The number of aromatic nitrogens is 3. The summed E-state index contributed by atoms with van der Waals surface area (Å²) in [5.41, 5.74) is 5.66. The van der Waals surface area contributed by atoms with Gasteiger partial charge >= 0.3 is 0 Å². The summed E-state index contributed by atoms with van der Waals surface area (Å²) in [6.07, 6.45) is 5.18. The quantitative estimate of drug-likeness (QED) is 0.208. The zero-order chi connectivity index (χ0) is 23.0. The second-order valence-corrected chi connectivity index (χ2v) is 7.13. The van der Waals surface area contributed by atoms with Gasteiger partial charge in [0, 0.05) is 44.3 Å². The molecule has 0 atom stereocenters. The largest absolute Gasteiger partial charge is 0.305 e. The van der Waals surface area contributed by atoms with Crippen molar-refractivity contribution in [1.29, 1.82) is 0 Å². The molecule has 2 aromatic carbocycles. The SMILES string of the molecule is Cc1cc(-c2[c-]cc(F)c(F)c2)ncc1-c1ccccn1.[Ir].[c-]1ccccc1-c1ccccn1. The molecule has 0 amide bonds. The van der Waals surface area contributed by atoms with Gasteiger partial charge in [0.05, 0.1) is 17.3 Å². The minimum Gasteiger partial charge on any atom is -0.305 e. The Morgan fingerprint density at radius 2 is 1.38 bits per heavy atom. The summed E-state index contributed by atoms with van der Waals surface area (Å²) in [6.45, 7) is 1.93. The van der Waals surface area contributed by atoms with Crippen molar-refractivity contribution in [3.63, 3.8) is 0 Å². The summed E-state index contributed by atoms with van der Waals surface area (Å²) in [4.78, 5) is 12.8. The molecule has 0 fully saturated rings.